The highest BCUT2D eigenvalue weighted by Gasteiger charge is 2.14. The van der Waals surface area contributed by atoms with Crippen molar-refractivity contribution < 1.29 is 0 Å². The number of hydrogen-bond acceptors (Lipinski definition) is 4. The molecule has 3 rings (SSSR count). The van der Waals surface area contributed by atoms with Crippen molar-refractivity contribution in [1.82, 2.24) is 10.3 Å². The normalized spacial score (nSPS) is 15.1. The summed E-state index contributed by atoms with van der Waals surface area (Å²) < 4.78 is 1.17. The molecule has 7 heteroatoms. The molecule has 0 aliphatic carbocycles. The first-order valence-corrected chi connectivity index (χ1v) is 6.54. The van der Waals surface area contributed by atoms with E-state index < -0.39 is 0 Å². The van der Waals surface area contributed by atoms with E-state index in [1.54, 1.807) is 11.3 Å². The lowest BCUT2D eigenvalue weighted by atomic mass is 10.3. The number of aromatic nitrogens is 1. The summed E-state index contributed by atoms with van der Waals surface area (Å²) in [7, 11) is 0. The third-order valence-corrected chi connectivity index (χ3v) is 4.04. The number of fused-ring (bicyclic) bond motifs is 1. The van der Waals surface area contributed by atoms with Gasteiger partial charge in [0.25, 0.3) is 0 Å². The average molecular weight is 327 g/mol. The number of halogens is 3. The lowest BCUT2D eigenvalue weighted by molar-refractivity contribution is 0.588. The number of hydrogen-bond donors (Lipinski definition) is 1. The van der Waals surface area contributed by atoms with Crippen LogP contribution < -0.4 is 10.2 Å². The number of piperazine rings is 1. The van der Waals surface area contributed by atoms with Crippen molar-refractivity contribution in [3.63, 3.8) is 0 Å². The molecule has 2 aromatic rings. The van der Waals surface area contributed by atoms with Gasteiger partial charge in [0, 0.05) is 31.2 Å². The average Bonchev–Trinajstić information content (AvgIpc) is 2.73. The van der Waals surface area contributed by atoms with Crippen molar-refractivity contribution in [1.29, 1.82) is 0 Å². The molecular formula is C11H14Cl3N3S. The van der Waals surface area contributed by atoms with E-state index in [-0.39, 0.29) is 24.8 Å². The third kappa shape index (κ3) is 3.19. The minimum atomic E-state index is 0. The van der Waals surface area contributed by atoms with E-state index in [1.165, 1.54) is 4.70 Å². The Kier molecular flexibility index (Phi) is 5.95. The number of rotatable bonds is 1. The van der Waals surface area contributed by atoms with Crippen molar-refractivity contribution in [2.75, 3.05) is 31.1 Å². The maximum Gasteiger partial charge on any atom is 0.186 e. The molecule has 1 fully saturated rings. The monoisotopic (exact) mass is 325 g/mol. The SMILES string of the molecule is Cl.Cl.Clc1ccc2nc(N3CCNCC3)sc2c1. The highest BCUT2D eigenvalue weighted by Crippen LogP contribution is 2.30. The maximum absolute atomic E-state index is 5.97. The van der Waals surface area contributed by atoms with Crippen LogP contribution in [0.1, 0.15) is 0 Å². The molecule has 0 amide bonds. The van der Waals surface area contributed by atoms with Crippen LogP contribution >= 0.6 is 47.8 Å². The molecule has 1 saturated heterocycles. The molecule has 0 bridgehead atoms. The number of nitrogens with zero attached hydrogens (tertiary/aromatic N) is 2. The van der Waals surface area contributed by atoms with Gasteiger partial charge in [0.1, 0.15) is 0 Å². The molecule has 0 atom stereocenters. The van der Waals surface area contributed by atoms with Crippen molar-refractivity contribution in [2.45, 2.75) is 0 Å². The Balaban J connectivity index is 0.000000810. The molecule has 1 aliphatic heterocycles. The van der Waals surface area contributed by atoms with Crippen LogP contribution in [0.15, 0.2) is 18.2 Å². The lowest BCUT2D eigenvalue weighted by Gasteiger charge is -2.26. The summed E-state index contributed by atoms with van der Waals surface area (Å²) in [6.45, 7) is 4.15. The second-order valence-corrected chi connectivity index (χ2v) is 5.29. The van der Waals surface area contributed by atoms with E-state index in [0.717, 1.165) is 41.8 Å². The molecule has 1 aromatic heterocycles. The van der Waals surface area contributed by atoms with E-state index in [1.807, 2.05) is 18.2 Å². The highest BCUT2D eigenvalue weighted by atomic mass is 35.5. The first kappa shape index (κ1) is 15.8. The zero-order chi connectivity index (χ0) is 11.0. The van der Waals surface area contributed by atoms with Gasteiger partial charge in [-0.2, -0.15) is 0 Å². The zero-order valence-corrected chi connectivity index (χ0v) is 12.8. The fourth-order valence-electron chi connectivity index (χ4n) is 1.88. The van der Waals surface area contributed by atoms with Crippen LogP contribution in [-0.2, 0) is 0 Å². The smallest absolute Gasteiger partial charge is 0.186 e. The Labute approximate surface area is 127 Å². The molecule has 0 unspecified atom stereocenters. The molecular weight excluding hydrogens is 313 g/mol. The predicted octanol–water partition coefficient (Wildman–Crippen LogP) is 3.20. The molecule has 18 heavy (non-hydrogen) atoms. The summed E-state index contributed by atoms with van der Waals surface area (Å²) in [4.78, 5) is 6.96. The molecule has 1 aromatic carbocycles. The summed E-state index contributed by atoms with van der Waals surface area (Å²) in [5.41, 5.74) is 1.04. The number of benzene rings is 1. The zero-order valence-electron chi connectivity index (χ0n) is 9.56. The molecule has 0 spiro atoms. The molecule has 3 nitrogen and oxygen atoms in total. The van der Waals surface area contributed by atoms with Crippen LogP contribution in [0.5, 0.6) is 0 Å². The Morgan fingerprint density at radius 3 is 2.67 bits per heavy atom. The number of anilines is 1. The van der Waals surface area contributed by atoms with Crippen LogP contribution in [-0.4, -0.2) is 31.2 Å². The first-order valence-electron chi connectivity index (χ1n) is 5.35. The van der Waals surface area contributed by atoms with Crippen molar-refractivity contribution >= 4 is 63.1 Å². The van der Waals surface area contributed by atoms with Gasteiger partial charge in [-0.25, -0.2) is 4.98 Å². The molecule has 1 N–H and O–H groups in total. The fourth-order valence-corrected chi connectivity index (χ4v) is 3.17. The Morgan fingerprint density at radius 2 is 1.94 bits per heavy atom. The highest BCUT2D eigenvalue weighted by molar-refractivity contribution is 7.22. The van der Waals surface area contributed by atoms with E-state index in [4.69, 9.17) is 11.6 Å². The van der Waals surface area contributed by atoms with Crippen molar-refractivity contribution in [2.24, 2.45) is 0 Å². The summed E-state index contributed by atoms with van der Waals surface area (Å²) in [6.07, 6.45) is 0. The van der Waals surface area contributed by atoms with Crippen LogP contribution in [0.3, 0.4) is 0 Å². The van der Waals surface area contributed by atoms with E-state index in [9.17, 15) is 0 Å². The minimum absolute atomic E-state index is 0. The Morgan fingerprint density at radius 1 is 1.22 bits per heavy atom. The van der Waals surface area contributed by atoms with Crippen LogP contribution in [0, 0.1) is 0 Å². The van der Waals surface area contributed by atoms with Gasteiger partial charge >= 0.3 is 0 Å². The van der Waals surface area contributed by atoms with Gasteiger partial charge in [-0.1, -0.05) is 22.9 Å². The molecule has 100 valence electrons. The van der Waals surface area contributed by atoms with Gasteiger partial charge in [-0.05, 0) is 18.2 Å². The third-order valence-electron chi connectivity index (χ3n) is 2.73. The number of nitrogens with one attached hydrogen (secondary N) is 1. The van der Waals surface area contributed by atoms with E-state index >= 15 is 0 Å². The van der Waals surface area contributed by atoms with Gasteiger partial charge in [-0.3, -0.25) is 0 Å². The Bertz CT molecular complexity index is 511. The van der Waals surface area contributed by atoms with Crippen molar-refractivity contribution in [3.05, 3.63) is 23.2 Å². The summed E-state index contributed by atoms with van der Waals surface area (Å²) in [6, 6.07) is 5.87. The van der Waals surface area contributed by atoms with Gasteiger partial charge in [0.15, 0.2) is 5.13 Å². The summed E-state index contributed by atoms with van der Waals surface area (Å²) in [5.74, 6) is 0. The summed E-state index contributed by atoms with van der Waals surface area (Å²) in [5, 5.41) is 5.23. The number of thiazole rings is 1. The van der Waals surface area contributed by atoms with Gasteiger partial charge in [0.2, 0.25) is 0 Å². The first-order chi connectivity index (χ1) is 7.83. The van der Waals surface area contributed by atoms with Gasteiger partial charge in [0.05, 0.1) is 10.2 Å². The molecule has 1 aliphatic rings. The largest absolute Gasteiger partial charge is 0.346 e. The predicted molar refractivity (Wildman–Crippen MR) is 84.2 cm³/mol. The minimum Gasteiger partial charge on any atom is -0.346 e. The second kappa shape index (κ2) is 6.78. The van der Waals surface area contributed by atoms with Gasteiger partial charge in [-0.15, -0.1) is 24.8 Å². The quantitative estimate of drug-likeness (QED) is 0.872. The van der Waals surface area contributed by atoms with Crippen LogP contribution in [0.25, 0.3) is 10.2 Å². The van der Waals surface area contributed by atoms with E-state index in [2.05, 4.69) is 15.2 Å². The second-order valence-electron chi connectivity index (χ2n) is 3.85. The molecule has 2 heterocycles. The topological polar surface area (TPSA) is 28.2 Å². The fraction of sp³-hybridized carbons (Fsp3) is 0.364. The molecule has 0 radical (unpaired) electrons. The van der Waals surface area contributed by atoms with Crippen LogP contribution in [0.4, 0.5) is 5.13 Å². The van der Waals surface area contributed by atoms with Gasteiger partial charge < -0.3 is 10.2 Å². The lowest BCUT2D eigenvalue weighted by Crippen LogP contribution is -2.43. The summed E-state index contributed by atoms with van der Waals surface area (Å²) >= 11 is 7.69. The van der Waals surface area contributed by atoms with Crippen LogP contribution in [0.2, 0.25) is 5.02 Å². The standard InChI is InChI=1S/C11H12ClN3S.2ClH/c12-8-1-2-9-10(7-8)16-11(14-9)15-5-3-13-4-6-15;;/h1-2,7,13H,3-6H2;2*1H. The molecule has 0 saturated carbocycles. The van der Waals surface area contributed by atoms with Crippen molar-refractivity contribution in [3.8, 4) is 0 Å². The van der Waals surface area contributed by atoms with E-state index in [0.29, 0.717) is 0 Å². The Hall–Kier alpha value is -0.260. The maximum atomic E-state index is 5.97.